The quantitative estimate of drug-likeness (QED) is 0.526. The third-order valence-electron chi connectivity index (χ3n) is 1.94. The maximum absolute atomic E-state index is 2.52. The zero-order chi connectivity index (χ0) is 6.97. The van der Waals surface area contributed by atoms with Gasteiger partial charge in [-0.3, -0.25) is 0 Å². The first-order chi connectivity index (χ1) is 4.88. The summed E-state index contributed by atoms with van der Waals surface area (Å²) in [7, 11) is 0. The lowest BCUT2D eigenvalue weighted by Crippen LogP contribution is -1.78. The topological polar surface area (TPSA) is 0 Å². The van der Waals surface area contributed by atoms with Crippen LogP contribution in [0.15, 0.2) is 30.3 Å². The highest BCUT2D eigenvalue weighted by atomic mass is 127. The second-order valence-corrected chi connectivity index (χ2v) is 4.37. The maximum Gasteiger partial charge on any atom is 0.0185 e. The van der Waals surface area contributed by atoms with Crippen LogP contribution in [-0.4, -0.2) is 3.92 Å². The van der Waals surface area contributed by atoms with Gasteiger partial charge in [-0.1, -0.05) is 52.9 Å². The Bertz CT molecular complexity index is 217. The summed E-state index contributed by atoms with van der Waals surface area (Å²) in [6.07, 6.45) is 1.38. The predicted molar refractivity (Wildman–Crippen MR) is 51.6 cm³/mol. The van der Waals surface area contributed by atoms with Crippen LogP contribution >= 0.6 is 22.6 Å². The molecule has 1 saturated carbocycles. The molecule has 0 bridgehead atoms. The molecule has 1 unspecified atom stereocenters. The number of alkyl halides is 1. The molecular formula is C9H9I. The summed E-state index contributed by atoms with van der Waals surface area (Å²) in [5.41, 5.74) is 1.52. The van der Waals surface area contributed by atoms with Crippen molar-refractivity contribution in [3.8, 4) is 0 Å². The van der Waals surface area contributed by atoms with E-state index in [1.165, 1.54) is 12.0 Å². The Morgan fingerprint density at radius 3 is 2.30 bits per heavy atom. The molecule has 1 aromatic carbocycles. The first-order valence-electron chi connectivity index (χ1n) is 3.57. The summed E-state index contributed by atoms with van der Waals surface area (Å²) in [6.45, 7) is 0. The smallest absolute Gasteiger partial charge is 0.0185 e. The van der Waals surface area contributed by atoms with Crippen molar-refractivity contribution in [3.63, 3.8) is 0 Å². The van der Waals surface area contributed by atoms with E-state index < -0.39 is 0 Å². The van der Waals surface area contributed by atoms with Crippen LogP contribution in [0.3, 0.4) is 0 Å². The van der Waals surface area contributed by atoms with E-state index in [1.807, 2.05) is 0 Å². The second-order valence-electron chi connectivity index (χ2n) is 2.77. The Hall–Kier alpha value is -0.0500. The molecule has 52 valence electrons. The zero-order valence-electron chi connectivity index (χ0n) is 5.63. The highest BCUT2D eigenvalue weighted by Gasteiger charge is 2.35. The molecule has 1 heteroatoms. The SMILES string of the molecule is I[C@H]1CC1c1ccccc1. The van der Waals surface area contributed by atoms with Crippen molar-refractivity contribution >= 4 is 22.6 Å². The molecule has 10 heavy (non-hydrogen) atoms. The maximum atomic E-state index is 2.52. The van der Waals surface area contributed by atoms with E-state index in [4.69, 9.17) is 0 Å². The van der Waals surface area contributed by atoms with E-state index in [2.05, 4.69) is 52.9 Å². The minimum Gasteiger partial charge on any atom is -0.0819 e. The van der Waals surface area contributed by atoms with Gasteiger partial charge in [-0.25, -0.2) is 0 Å². The van der Waals surface area contributed by atoms with Gasteiger partial charge in [0.15, 0.2) is 0 Å². The van der Waals surface area contributed by atoms with Crippen molar-refractivity contribution in [1.82, 2.24) is 0 Å². The summed E-state index contributed by atoms with van der Waals surface area (Å²) in [6, 6.07) is 10.8. The van der Waals surface area contributed by atoms with Crippen LogP contribution in [0.4, 0.5) is 0 Å². The number of hydrogen-bond donors (Lipinski definition) is 0. The number of rotatable bonds is 1. The molecule has 0 radical (unpaired) electrons. The van der Waals surface area contributed by atoms with Crippen LogP contribution < -0.4 is 0 Å². The Labute approximate surface area is 74.8 Å². The van der Waals surface area contributed by atoms with E-state index in [9.17, 15) is 0 Å². The van der Waals surface area contributed by atoms with Gasteiger partial charge in [0.2, 0.25) is 0 Å². The largest absolute Gasteiger partial charge is 0.0819 e. The minimum absolute atomic E-state index is 0.863. The minimum atomic E-state index is 0.863. The molecule has 0 aliphatic heterocycles. The van der Waals surface area contributed by atoms with Crippen LogP contribution in [0.1, 0.15) is 17.9 Å². The predicted octanol–water partition coefficient (Wildman–Crippen LogP) is 2.98. The molecule has 1 aromatic rings. The van der Waals surface area contributed by atoms with E-state index in [1.54, 1.807) is 0 Å². The molecule has 2 rings (SSSR count). The van der Waals surface area contributed by atoms with Gasteiger partial charge in [-0.2, -0.15) is 0 Å². The Morgan fingerprint density at radius 1 is 1.20 bits per heavy atom. The Morgan fingerprint density at radius 2 is 1.80 bits per heavy atom. The molecule has 0 amide bonds. The van der Waals surface area contributed by atoms with E-state index in [0.29, 0.717) is 0 Å². The first-order valence-corrected chi connectivity index (χ1v) is 4.81. The lowest BCUT2D eigenvalue weighted by molar-refractivity contribution is 1.14. The average Bonchev–Trinajstić information content (AvgIpc) is 2.69. The van der Waals surface area contributed by atoms with E-state index in [0.717, 1.165) is 9.84 Å². The van der Waals surface area contributed by atoms with Crippen molar-refractivity contribution in [2.45, 2.75) is 16.3 Å². The molecule has 0 saturated heterocycles. The fraction of sp³-hybridized carbons (Fsp3) is 0.333. The highest BCUT2D eigenvalue weighted by molar-refractivity contribution is 14.1. The van der Waals surface area contributed by atoms with Gasteiger partial charge in [-0.05, 0) is 17.9 Å². The highest BCUT2D eigenvalue weighted by Crippen LogP contribution is 2.46. The summed E-state index contributed by atoms with van der Waals surface area (Å²) >= 11 is 2.52. The number of benzene rings is 1. The van der Waals surface area contributed by atoms with Crippen molar-refractivity contribution in [2.75, 3.05) is 0 Å². The van der Waals surface area contributed by atoms with Gasteiger partial charge >= 0.3 is 0 Å². The van der Waals surface area contributed by atoms with Gasteiger partial charge in [0.05, 0.1) is 0 Å². The monoisotopic (exact) mass is 244 g/mol. The van der Waals surface area contributed by atoms with Crippen LogP contribution in [0.5, 0.6) is 0 Å². The molecule has 1 fully saturated rings. The lowest BCUT2D eigenvalue weighted by atomic mass is 10.1. The molecule has 0 N–H and O–H groups in total. The second kappa shape index (κ2) is 2.53. The van der Waals surface area contributed by atoms with Crippen LogP contribution in [-0.2, 0) is 0 Å². The summed E-state index contributed by atoms with van der Waals surface area (Å²) in [5.74, 6) is 0.863. The molecular weight excluding hydrogens is 235 g/mol. The van der Waals surface area contributed by atoms with Crippen LogP contribution in [0, 0.1) is 0 Å². The molecule has 0 nitrogen and oxygen atoms in total. The summed E-state index contributed by atoms with van der Waals surface area (Å²) < 4.78 is 0.903. The molecule has 0 heterocycles. The fourth-order valence-electron chi connectivity index (χ4n) is 1.21. The van der Waals surface area contributed by atoms with Crippen molar-refractivity contribution in [1.29, 1.82) is 0 Å². The lowest BCUT2D eigenvalue weighted by Gasteiger charge is -1.93. The fourth-order valence-corrected chi connectivity index (χ4v) is 2.17. The number of hydrogen-bond acceptors (Lipinski definition) is 0. The van der Waals surface area contributed by atoms with Gasteiger partial charge in [0.1, 0.15) is 0 Å². The number of halogens is 1. The van der Waals surface area contributed by atoms with Crippen LogP contribution in [0.2, 0.25) is 0 Å². The normalized spacial score (nSPS) is 30.1. The molecule has 0 spiro atoms. The first kappa shape index (κ1) is 6.65. The third-order valence-corrected chi connectivity index (χ3v) is 3.32. The molecule has 1 aliphatic carbocycles. The van der Waals surface area contributed by atoms with Gasteiger partial charge in [-0.15, -0.1) is 0 Å². The summed E-state index contributed by atoms with van der Waals surface area (Å²) in [5, 5.41) is 0. The standard InChI is InChI=1S/C9H9I/c10-9-6-8(9)7-4-2-1-3-5-7/h1-5,8-9H,6H2/t8?,9-/m0/s1. The average molecular weight is 244 g/mol. The third kappa shape index (κ3) is 1.19. The van der Waals surface area contributed by atoms with Gasteiger partial charge in [0.25, 0.3) is 0 Å². The summed E-state index contributed by atoms with van der Waals surface area (Å²) in [4.78, 5) is 0. The Balaban J connectivity index is 2.20. The van der Waals surface area contributed by atoms with Gasteiger partial charge < -0.3 is 0 Å². The zero-order valence-corrected chi connectivity index (χ0v) is 7.78. The van der Waals surface area contributed by atoms with Gasteiger partial charge in [0, 0.05) is 3.92 Å². The van der Waals surface area contributed by atoms with E-state index >= 15 is 0 Å². The molecule has 1 aliphatic rings. The van der Waals surface area contributed by atoms with Crippen LogP contribution in [0.25, 0.3) is 0 Å². The van der Waals surface area contributed by atoms with Crippen molar-refractivity contribution in [2.24, 2.45) is 0 Å². The molecule has 0 aromatic heterocycles. The Kier molecular flexibility index (Phi) is 1.68. The molecule has 2 atom stereocenters. The van der Waals surface area contributed by atoms with E-state index in [-0.39, 0.29) is 0 Å². The van der Waals surface area contributed by atoms with Crippen molar-refractivity contribution in [3.05, 3.63) is 35.9 Å². The van der Waals surface area contributed by atoms with Crippen molar-refractivity contribution < 1.29 is 0 Å².